The third kappa shape index (κ3) is 5.38. The van der Waals surface area contributed by atoms with Crippen molar-refractivity contribution in [3.8, 4) is 0 Å². The average molecular weight is 414 g/mol. The molecule has 1 fully saturated rings. The van der Waals surface area contributed by atoms with Crippen LogP contribution in [0.1, 0.15) is 41.5 Å². The standard InChI is InChI=1S/C22H27FN4O3/c1-14-19(12-20(28)26-18-6-4-17(23)5-7-18)15(2)25-22(24-14)16-8-10-27(13-16)21(29)9-11-30-3/h4-7,16H,8-13H2,1-3H3,(H,26,28)/t16-/m1/s1. The van der Waals surface area contributed by atoms with E-state index in [0.717, 1.165) is 29.2 Å². The lowest BCUT2D eigenvalue weighted by molar-refractivity contribution is -0.131. The number of carbonyl (C=O) groups excluding carboxylic acids is 2. The molecule has 1 aliphatic rings. The molecule has 0 saturated carbocycles. The molecule has 2 heterocycles. The molecule has 0 spiro atoms. The van der Waals surface area contributed by atoms with Crippen LogP contribution in [0.25, 0.3) is 0 Å². The Hall–Kier alpha value is -2.87. The van der Waals surface area contributed by atoms with E-state index in [4.69, 9.17) is 4.74 Å². The van der Waals surface area contributed by atoms with Crippen molar-refractivity contribution in [3.63, 3.8) is 0 Å². The molecule has 0 aliphatic carbocycles. The predicted molar refractivity (Wildman–Crippen MR) is 111 cm³/mol. The van der Waals surface area contributed by atoms with E-state index in [1.165, 1.54) is 24.3 Å². The zero-order valence-corrected chi connectivity index (χ0v) is 17.6. The van der Waals surface area contributed by atoms with Gasteiger partial charge in [-0.2, -0.15) is 0 Å². The first-order chi connectivity index (χ1) is 14.4. The van der Waals surface area contributed by atoms with Crippen molar-refractivity contribution < 1.29 is 18.7 Å². The second kappa shape index (κ2) is 9.75. The molecule has 1 atom stereocenters. The van der Waals surface area contributed by atoms with Gasteiger partial charge in [0.1, 0.15) is 11.6 Å². The van der Waals surface area contributed by atoms with Gasteiger partial charge < -0.3 is 15.0 Å². The zero-order valence-electron chi connectivity index (χ0n) is 17.6. The van der Waals surface area contributed by atoms with E-state index in [0.29, 0.717) is 31.8 Å². The Kier molecular flexibility index (Phi) is 7.10. The van der Waals surface area contributed by atoms with Gasteiger partial charge in [-0.15, -0.1) is 0 Å². The van der Waals surface area contributed by atoms with Crippen molar-refractivity contribution in [2.24, 2.45) is 0 Å². The molecule has 0 bridgehead atoms. The zero-order chi connectivity index (χ0) is 21.7. The summed E-state index contributed by atoms with van der Waals surface area (Å²) < 4.78 is 18.0. The quantitative estimate of drug-likeness (QED) is 0.753. The highest BCUT2D eigenvalue weighted by atomic mass is 19.1. The Morgan fingerprint density at radius 2 is 1.87 bits per heavy atom. The molecule has 0 radical (unpaired) electrons. The Morgan fingerprint density at radius 1 is 1.20 bits per heavy atom. The molecule has 30 heavy (non-hydrogen) atoms. The number of aryl methyl sites for hydroxylation is 2. The normalized spacial score (nSPS) is 16.0. The van der Waals surface area contributed by atoms with Gasteiger partial charge in [0, 0.05) is 48.8 Å². The number of anilines is 1. The molecule has 7 nitrogen and oxygen atoms in total. The molecule has 1 aliphatic heterocycles. The van der Waals surface area contributed by atoms with Crippen LogP contribution in [0.4, 0.5) is 10.1 Å². The van der Waals surface area contributed by atoms with Gasteiger partial charge >= 0.3 is 0 Å². The molecule has 1 aromatic heterocycles. The van der Waals surface area contributed by atoms with Gasteiger partial charge in [-0.05, 0) is 44.5 Å². The van der Waals surface area contributed by atoms with Crippen LogP contribution in [-0.4, -0.2) is 53.5 Å². The van der Waals surface area contributed by atoms with E-state index in [1.807, 2.05) is 18.7 Å². The summed E-state index contributed by atoms with van der Waals surface area (Å²) in [6, 6.07) is 5.64. The van der Waals surface area contributed by atoms with Crippen LogP contribution < -0.4 is 5.32 Å². The summed E-state index contributed by atoms with van der Waals surface area (Å²) >= 11 is 0. The molecular formula is C22H27FN4O3. The second-order valence-electron chi connectivity index (χ2n) is 7.53. The van der Waals surface area contributed by atoms with Crippen LogP contribution in [0.3, 0.4) is 0 Å². The lowest BCUT2D eigenvalue weighted by Gasteiger charge is -2.17. The minimum absolute atomic E-state index is 0.0851. The summed E-state index contributed by atoms with van der Waals surface area (Å²) in [5.74, 6) is 0.335. The van der Waals surface area contributed by atoms with Gasteiger partial charge in [0.2, 0.25) is 11.8 Å². The van der Waals surface area contributed by atoms with Crippen LogP contribution in [0.15, 0.2) is 24.3 Å². The van der Waals surface area contributed by atoms with Gasteiger partial charge in [-0.1, -0.05) is 0 Å². The van der Waals surface area contributed by atoms with Crippen molar-refractivity contribution in [2.75, 3.05) is 32.1 Å². The molecule has 8 heteroatoms. The lowest BCUT2D eigenvalue weighted by Crippen LogP contribution is -2.29. The average Bonchev–Trinajstić information content (AvgIpc) is 3.21. The van der Waals surface area contributed by atoms with E-state index in [-0.39, 0.29) is 30.0 Å². The molecule has 1 N–H and O–H groups in total. The first kappa shape index (κ1) is 21.8. The molecule has 160 valence electrons. The fraction of sp³-hybridized carbons (Fsp3) is 0.455. The summed E-state index contributed by atoms with van der Waals surface area (Å²) in [6.07, 6.45) is 1.34. The number of halogens is 1. The third-order valence-corrected chi connectivity index (χ3v) is 5.33. The summed E-state index contributed by atoms with van der Waals surface area (Å²) in [4.78, 5) is 35.7. The smallest absolute Gasteiger partial charge is 0.228 e. The predicted octanol–water partition coefficient (Wildman–Crippen LogP) is 2.77. The number of hydrogen-bond acceptors (Lipinski definition) is 5. The van der Waals surface area contributed by atoms with Crippen molar-refractivity contribution in [3.05, 3.63) is 52.9 Å². The minimum atomic E-state index is -0.352. The molecule has 0 unspecified atom stereocenters. The highest BCUT2D eigenvalue weighted by Gasteiger charge is 2.29. The number of ether oxygens (including phenoxy) is 1. The highest BCUT2D eigenvalue weighted by molar-refractivity contribution is 5.92. The maximum absolute atomic E-state index is 13.0. The van der Waals surface area contributed by atoms with Crippen LogP contribution in [0, 0.1) is 19.7 Å². The largest absolute Gasteiger partial charge is 0.384 e. The van der Waals surface area contributed by atoms with Crippen LogP contribution in [0.5, 0.6) is 0 Å². The molecule has 2 amide bonds. The number of carbonyl (C=O) groups is 2. The maximum atomic E-state index is 13.0. The molecule has 3 rings (SSSR count). The molecule has 1 aromatic carbocycles. The minimum Gasteiger partial charge on any atom is -0.384 e. The molecule has 2 aromatic rings. The van der Waals surface area contributed by atoms with E-state index in [9.17, 15) is 14.0 Å². The topological polar surface area (TPSA) is 84.4 Å². The first-order valence-corrected chi connectivity index (χ1v) is 10.0. The summed E-state index contributed by atoms with van der Waals surface area (Å²) in [7, 11) is 1.58. The lowest BCUT2D eigenvalue weighted by atomic mass is 10.0. The van der Waals surface area contributed by atoms with E-state index in [1.54, 1.807) is 7.11 Å². The first-order valence-electron chi connectivity index (χ1n) is 10.0. The number of methoxy groups -OCH3 is 1. The van der Waals surface area contributed by atoms with Crippen LogP contribution in [0.2, 0.25) is 0 Å². The van der Waals surface area contributed by atoms with Crippen molar-refractivity contribution in [2.45, 2.75) is 39.0 Å². The van der Waals surface area contributed by atoms with Gasteiger partial charge in [0.05, 0.1) is 19.4 Å². The number of nitrogens with zero attached hydrogens (tertiary/aromatic N) is 3. The summed E-state index contributed by atoms with van der Waals surface area (Å²) in [6.45, 7) is 5.45. The van der Waals surface area contributed by atoms with Crippen molar-refractivity contribution in [1.29, 1.82) is 0 Å². The number of nitrogens with one attached hydrogen (secondary N) is 1. The van der Waals surface area contributed by atoms with Gasteiger partial charge in [0.15, 0.2) is 0 Å². The van der Waals surface area contributed by atoms with Gasteiger partial charge in [0.25, 0.3) is 0 Å². The summed E-state index contributed by atoms with van der Waals surface area (Å²) in [5.41, 5.74) is 2.84. The number of hydrogen-bond donors (Lipinski definition) is 1. The SMILES string of the molecule is COCCC(=O)N1CC[C@@H](c2nc(C)c(CC(=O)Nc3ccc(F)cc3)c(C)n2)C1. The molecular weight excluding hydrogens is 387 g/mol. The van der Waals surface area contributed by atoms with Gasteiger partial charge in [-0.3, -0.25) is 9.59 Å². The monoisotopic (exact) mass is 414 g/mol. The number of aromatic nitrogens is 2. The number of amides is 2. The van der Waals surface area contributed by atoms with Gasteiger partial charge in [-0.25, -0.2) is 14.4 Å². The Morgan fingerprint density at radius 3 is 2.50 bits per heavy atom. The maximum Gasteiger partial charge on any atom is 0.228 e. The van der Waals surface area contributed by atoms with E-state index in [2.05, 4.69) is 15.3 Å². The second-order valence-corrected chi connectivity index (χ2v) is 7.53. The van der Waals surface area contributed by atoms with E-state index >= 15 is 0 Å². The number of likely N-dealkylation sites (tertiary alicyclic amines) is 1. The van der Waals surface area contributed by atoms with Crippen LogP contribution in [-0.2, 0) is 20.7 Å². The fourth-order valence-corrected chi connectivity index (χ4v) is 3.65. The molecule has 1 saturated heterocycles. The van der Waals surface area contributed by atoms with Crippen molar-refractivity contribution in [1.82, 2.24) is 14.9 Å². The fourth-order valence-electron chi connectivity index (χ4n) is 3.65. The Bertz CT molecular complexity index is 894. The number of rotatable bonds is 7. The number of benzene rings is 1. The van der Waals surface area contributed by atoms with Crippen LogP contribution >= 0.6 is 0 Å². The third-order valence-electron chi connectivity index (χ3n) is 5.33. The Labute approximate surface area is 175 Å². The van der Waals surface area contributed by atoms with E-state index < -0.39 is 0 Å². The van der Waals surface area contributed by atoms with Crippen molar-refractivity contribution >= 4 is 17.5 Å². The Balaban J connectivity index is 1.64. The summed E-state index contributed by atoms with van der Waals surface area (Å²) in [5, 5.41) is 2.76. The highest BCUT2D eigenvalue weighted by Crippen LogP contribution is 2.26.